The smallest absolute Gasteiger partial charge is 0.261 e. The van der Waals surface area contributed by atoms with Gasteiger partial charge in [0.1, 0.15) is 11.1 Å². The average molecular weight is 368 g/mol. The molecule has 0 saturated heterocycles. The molecule has 0 aliphatic carbocycles. The molecule has 1 heterocycles. The number of anilines is 1. The minimum atomic E-state index is -0.254. The number of benzene rings is 3. The summed E-state index contributed by atoms with van der Waals surface area (Å²) in [5, 5.41) is 3.82. The van der Waals surface area contributed by atoms with Crippen molar-refractivity contribution < 1.29 is 9.21 Å². The van der Waals surface area contributed by atoms with Crippen LogP contribution < -0.4 is 10.9 Å². The molecule has 4 aromatic rings. The van der Waals surface area contributed by atoms with E-state index < -0.39 is 0 Å². The van der Waals surface area contributed by atoms with Crippen LogP contribution in [0, 0.1) is 13.8 Å². The Kier molecular flexibility index (Phi) is 4.77. The molecule has 4 heteroatoms. The van der Waals surface area contributed by atoms with Gasteiger partial charge in [0.05, 0.1) is 5.69 Å². The Morgan fingerprint density at radius 3 is 2.32 bits per heavy atom. The molecule has 0 radical (unpaired) electrons. The quantitative estimate of drug-likeness (QED) is 0.516. The van der Waals surface area contributed by atoms with Crippen LogP contribution in [0.15, 0.2) is 88.3 Å². The van der Waals surface area contributed by atoms with Gasteiger partial charge in [-0.15, -0.1) is 0 Å². The Hall–Kier alpha value is -3.66. The van der Waals surface area contributed by atoms with Gasteiger partial charge < -0.3 is 9.73 Å². The van der Waals surface area contributed by atoms with E-state index in [4.69, 9.17) is 4.42 Å². The van der Waals surface area contributed by atoms with E-state index in [1.165, 1.54) is 0 Å². The van der Waals surface area contributed by atoms with Crippen LogP contribution >= 0.6 is 0 Å². The van der Waals surface area contributed by atoms with Crippen LogP contribution in [-0.4, -0.2) is 5.91 Å². The molecule has 0 unspecified atom stereocenters. The highest BCUT2D eigenvalue weighted by Gasteiger charge is 2.14. The summed E-state index contributed by atoms with van der Waals surface area (Å²) in [6.45, 7) is 3.94. The summed E-state index contributed by atoms with van der Waals surface area (Å²) in [6, 6.07) is 24.9. The van der Waals surface area contributed by atoms with Gasteiger partial charge in [0.2, 0.25) is 5.55 Å². The highest BCUT2D eigenvalue weighted by molar-refractivity contribution is 6.05. The van der Waals surface area contributed by atoms with Crippen LogP contribution in [0.25, 0.3) is 11.0 Å². The van der Waals surface area contributed by atoms with Crippen LogP contribution in [0.4, 0.5) is 11.4 Å². The number of hydrogen-bond donors (Lipinski definition) is 1. The van der Waals surface area contributed by atoms with Gasteiger partial charge >= 0.3 is 0 Å². The van der Waals surface area contributed by atoms with Crippen LogP contribution in [-0.2, 0) is 0 Å². The Bertz CT molecular complexity index is 1240. The molecule has 3 aromatic carbocycles. The standard InChI is InChI=1S/C24H20N2O2/c1-16-9-3-6-12-20(16)25-23(27)19-15-18-11-5-8-14-22(18)28-24(19)26-21-13-7-4-10-17(21)2/h3-15H,1-2H3,(H,25,27). The van der Waals surface area contributed by atoms with Crippen LogP contribution in [0.3, 0.4) is 0 Å². The van der Waals surface area contributed by atoms with Gasteiger partial charge in [-0.25, -0.2) is 4.99 Å². The highest BCUT2D eigenvalue weighted by Crippen LogP contribution is 2.19. The Labute approximate surface area is 163 Å². The predicted molar refractivity (Wildman–Crippen MR) is 112 cm³/mol. The van der Waals surface area contributed by atoms with Crippen LogP contribution in [0.2, 0.25) is 0 Å². The van der Waals surface area contributed by atoms with Crippen LogP contribution in [0.5, 0.6) is 0 Å². The molecule has 0 bridgehead atoms. The first-order valence-corrected chi connectivity index (χ1v) is 9.12. The fourth-order valence-electron chi connectivity index (χ4n) is 3.02. The molecule has 0 spiro atoms. The van der Waals surface area contributed by atoms with E-state index in [1.807, 2.05) is 92.7 Å². The third kappa shape index (κ3) is 3.58. The van der Waals surface area contributed by atoms with Crippen molar-refractivity contribution in [2.24, 2.45) is 4.99 Å². The third-order valence-electron chi connectivity index (χ3n) is 4.63. The molecular formula is C24H20N2O2. The molecule has 0 aliphatic rings. The van der Waals surface area contributed by atoms with Crippen molar-refractivity contribution >= 4 is 28.3 Å². The van der Waals surface area contributed by atoms with Crippen molar-refractivity contribution in [2.75, 3.05) is 5.32 Å². The number of rotatable bonds is 3. The zero-order valence-corrected chi connectivity index (χ0v) is 15.8. The molecule has 1 amide bonds. The first kappa shape index (κ1) is 17.7. The zero-order valence-electron chi connectivity index (χ0n) is 15.8. The van der Waals surface area contributed by atoms with Crippen molar-refractivity contribution in [1.82, 2.24) is 0 Å². The molecule has 0 aliphatic heterocycles. The summed E-state index contributed by atoms with van der Waals surface area (Å²) in [4.78, 5) is 17.7. The van der Waals surface area contributed by atoms with Gasteiger partial charge in [0.25, 0.3) is 5.91 Å². The summed E-state index contributed by atoms with van der Waals surface area (Å²) in [5.41, 5.74) is 4.91. The van der Waals surface area contributed by atoms with Crippen molar-refractivity contribution in [3.8, 4) is 0 Å². The van der Waals surface area contributed by atoms with Crippen molar-refractivity contribution in [3.05, 3.63) is 101 Å². The van der Waals surface area contributed by atoms with Gasteiger partial charge in [-0.1, -0.05) is 54.6 Å². The molecule has 28 heavy (non-hydrogen) atoms. The summed E-state index contributed by atoms with van der Waals surface area (Å²) in [6.07, 6.45) is 0. The van der Waals surface area contributed by atoms with E-state index in [0.717, 1.165) is 27.9 Å². The maximum absolute atomic E-state index is 13.1. The molecule has 4 rings (SSSR count). The summed E-state index contributed by atoms with van der Waals surface area (Å²) in [7, 11) is 0. The Morgan fingerprint density at radius 1 is 0.857 bits per heavy atom. The number of aryl methyl sites for hydroxylation is 2. The van der Waals surface area contributed by atoms with Crippen molar-refractivity contribution in [3.63, 3.8) is 0 Å². The van der Waals surface area contributed by atoms with E-state index in [-0.39, 0.29) is 5.91 Å². The van der Waals surface area contributed by atoms with Gasteiger partial charge in [-0.05, 0) is 49.2 Å². The van der Waals surface area contributed by atoms with Gasteiger partial charge in [-0.3, -0.25) is 4.79 Å². The SMILES string of the molecule is Cc1ccccc1N=c1oc2ccccc2cc1C(=O)Nc1ccccc1C. The third-order valence-corrected chi connectivity index (χ3v) is 4.63. The first-order valence-electron chi connectivity index (χ1n) is 9.12. The monoisotopic (exact) mass is 368 g/mol. The van der Waals surface area contributed by atoms with E-state index in [2.05, 4.69) is 10.3 Å². The van der Waals surface area contributed by atoms with E-state index in [9.17, 15) is 4.79 Å². The number of carbonyl (C=O) groups excluding carboxylic acids is 1. The maximum Gasteiger partial charge on any atom is 0.261 e. The number of nitrogens with one attached hydrogen (secondary N) is 1. The number of carbonyl (C=O) groups is 1. The van der Waals surface area contributed by atoms with Crippen molar-refractivity contribution in [2.45, 2.75) is 13.8 Å². The van der Waals surface area contributed by atoms with Crippen molar-refractivity contribution in [1.29, 1.82) is 0 Å². The van der Waals surface area contributed by atoms with Gasteiger partial charge in [-0.2, -0.15) is 0 Å². The average Bonchev–Trinajstić information content (AvgIpc) is 2.71. The normalized spacial score (nSPS) is 11.6. The largest absolute Gasteiger partial charge is 0.438 e. The maximum atomic E-state index is 13.1. The van der Waals surface area contributed by atoms with E-state index >= 15 is 0 Å². The number of fused-ring (bicyclic) bond motifs is 1. The molecular weight excluding hydrogens is 348 g/mol. The van der Waals surface area contributed by atoms with Gasteiger partial charge in [0, 0.05) is 11.1 Å². The molecule has 138 valence electrons. The summed E-state index contributed by atoms with van der Waals surface area (Å²) in [5.74, 6) is -0.254. The molecule has 0 saturated carbocycles. The second kappa shape index (κ2) is 7.53. The van der Waals surface area contributed by atoms with Crippen LogP contribution in [0.1, 0.15) is 21.5 Å². The predicted octanol–water partition coefficient (Wildman–Crippen LogP) is 5.53. The fraction of sp³-hybridized carbons (Fsp3) is 0.0833. The molecule has 1 aromatic heterocycles. The second-order valence-corrected chi connectivity index (χ2v) is 6.67. The topological polar surface area (TPSA) is 54.6 Å². The highest BCUT2D eigenvalue weighted by atomic mass is 16.3. The minimum absolute atomic E-state index is 0.254. The Balaban J connectivity index is 1.87. The van der Waals surface area contributed by atoms with E-state index in [1.54, 1.807) is 0 Å². The molecule has 0 fully saturated rings. The lowest BCUT2D eigenvalue weighted by atomic mass is 10.1. The molecule has 0 atom stereocenters. The zero-order chi connectivity index (χ0) is 19.5. The Morgan fingerprint density at radius 2 is 1.54 bits per heavy atom. The minimum Gasteiger partial charge on any atom is -0.438 e. The lowest BCUT2D eigenvalue weighted by Crippen LogP contribution is -2.22. The van der Waals surface area contributed by atoms with Gasteiger partial charge in [0.15, 0.2) is 0 Å². The number of para-hydroxylation sites is 3. The lowest BCUT2D eigenvalue weighted by Gasteiger charge is -2.09. The number of hydrogen-bond acceptors (Lipinski definition) is 3. The number of nitrogens with zero attached hydrogens (tertiary/aromatic N) is 1. The van der Waals surface area contributed by atoms with E-state index in [0.29, 0.717) is 16.7 Å². The summed E-state index contributed by atoms with van der Waals surface area (Å²) < 4.78 is 6.01. The lowest BCUT2D eigenvalue weighted by molar-refractivity contribution is 0.102. The molecule has 1 N–H and O–H groups in total. The summed E-state index contributed by atoms with van der Waals surface area (Å²) >= 11 is 0. The first-order chi connectivity index (χ1) is 13.6. The molecule has 4 nitrogen and oxygen atoms in total. The second-order valence-electron chi connectivity index (χ2n) is 6.67. The number of amides is 1. The fourth-order valence-corrected chi connectivity index (χ4v) is 3.02.